The van der Waals surface area contributed by atoms with Crippen molar-refractivity contribution in [3.63, 3.8) is 0 Å². The van der Waals surface area contributed by atoms with Crippen molar-refractivity contribution in [2.24, 2.45) is 0 Å². The molecule has 2 aromatic rings. The van der Waals surface area contributed by atoms with Gasteiger partial charge in [0.25, 0.3) is 0 Å². The lowest BCUT2D eigenvalue weighted by Gasteiger charge is -1.95. The maximum absolute atomic E-state index is 10.6. The average molecular weight is 197 g/mol. The predicted octanol–water partition coefficient (Wildman–Crippen LogP) is 1.69. The minimum Gasteiger partial charge on any atom is -0.478 e. The lowest BCUT2D eigenvalue weighted by atomic mass is 10.2. The van der Waals surface area contributed by atoms with Gasteiger partial charge in [-0.3, -0.25) is 0 Å². The minimum absolute atomic E-state index is 0.204. The average Bonchev–Trinajstić information content (AvgIpc) is 2.47. The summed E-state index contributed by atoms with van der Waals surface area (Å²) >= 11 is 5.72. The number of fused-ring (bicyclic) bond motifs is 1. The SMILES string of the molecule is O=C(O)c1ccn2cnc(Cl)c2c1. The van der Waals surface area contributed by atoms with Gasteiger partial charge in [0.1, 0.15) is 6.33 Å². The molecule has 13 heavy (non-hydrogen) atoms. The van der Waals surface area contributed by atoms with Gasteiger partial charge in [0.2, 0.25) is 0 Å². The summed E-state index contributed by atoms with van der Waals surface area (Å²) in [6.07, 6.45) is 3.14. The molecular formula is C8H5ClN2O2. The van der Waals surface area contributed by atoms with Crippen LogP contribution in [0.1, 0.15) is 10.4 Å². The van der Waals surface area contributed by atoms with Crippen LogP contribution in [0.25, 0.3) is 5.52 Å². The Morgan fingerprint density at radius 2 is 2.38 bits per heavy atom. The monoisotopic (exact) mass is 196 g/mol. The van der Waals surface area contributed by atoms with Gasteiger partial charge in [-0.2, -0.15) is 0 Å². The van der Waals surface area contributed by atoms with E-state index in [2.05, 4.69) is 4.98 Å². The Labute approximate surface area is 78.4 Å². The molecule has 5 heteroatoms. The maximum atomic E-state index is 10.6. The molecule has 0 fully saturated rings. The first-order valence-electron chi connectivity index (χ1n) is 3.54. The molecule has 0 unspecified atom stereocenters. The number of carbonyl (C=O) groups is 1. The number of imidazole rings is 1. The smallest absolute Gasteiger partial charge is 0.335 e. The van der Waals surface area contributed by atoms with E-state index < -0.39 is 5.97 Å². The van der Waals surface area contributed by atoms with Crippen molar-refractivity contribution >= 4 is 23.1 Å². The second-order valence-corrected chi connectivity index (χ2v) is 2.91. The molecule has 2 rings (SSSR count). The summed E-state index contributed by atoms with van der Waals surface area (Å²) < 4.78 is 1.66. The third kappa shape index (κ3) is 1.25. The normalized spacial score (nSPS) is 10.5. The van der Waals surface area contributed by atoms with E-state index in [1.54, 1.807) is 10.6 Å². The van der Waals surface area contributed by atoms with Crippen molar-refractivity contribution < 1.29 is 9.90 Å². The van der Waals surface area contributed by atoms with Crippen LogP contribution in [0.5, 0.6) is 0 Å². The van der Waals surface area contributed by atoms with Gasteiger partial charge in [0, 0.05) is 6.20 Å². The zero-order valence-electron chi connectivity index (χ0n) is 6.44. The van der Waals surface area contributed by atoms with Gasteiger partial charge in [0.05, 0.1) is 11.1 Å². The van der Waals surface area contributed by atoms with Gasteiger partial charge in [0.15, 0.2) is 5.15 Å². The molecule has 2 aromatic heterocycles. The molecule has 0 aliphatic heterocycles. The van der Waals surface area contributed by atoms with Crippen LogP contribution in [0.15, 0.2) is 24.7 Å². The summed E-state index contributed by atoms with van der Waals surface area (Å²) in [5.74, 6) is -0.972. The Hall–Kier alpha value is -1.55. The molecule has 0 aliphatic carbocycles. The molecule has 4 nitrogen and oxygen atoms in total. The number of pyridine rings is 1. The lowest BCUT2D eigenvalue weighted by molar-refractivity contribution is 0.0697. The first-order valence-corrected chi connectivity index (χ1v) is 3.92. The van der Waals surface area contributed by atoms with Gasteiger partial charge < -0.3 is 9.51 Å². The van der Waals surface area contributed by atoms with Crippen LogP contribution in [0.2, 0.25) is 5.15 Å². The zero-order chi connectivity index (χ0) is 9.42. The van der Waals surface area contributed by atoms with E-state index >= 15 is 0 Å². The van der Waals surface area contributed by atoms with E-state index in [1.165, 1.54) is 18.5 Å². The maximum Gasteiger partial charge on any atom is 0.335 e. The molecule has 66 valence electrons. The number of halogens is 1. The molecule has 0 aliphatic rings. The summed E-state index contributed by atoms with van der Waals surface area (Å²) in [4.78, 5) is 14.4. The van der Waals surface area contributed by atoms with E-state index in [0.29, 0.717) is 10.7 Å². The third-order valence-electron chi connectivity index (χ3n) is 1.74. The van der Waals surface area contributed by atoms with E-state index in [1.807, 2.05) is 0 Å². The van der Waals surface area contributed by atoms with Crippen molar-refractivity contribution in [1.82, 2.24) is 9.38 Å². The number of rotatable bonds is 1. The van der Waals surface area contributed by atoms with Crippen LogP contribution in [0.4, 0.5) is 0 Å². The van der Waals surface area contributed by atoms with E-state index in [4.69, 9.17) is 16.7 Å². The Morgan fingerprint density at radius 3 is 3.08 bits per heavy atom. The van der Waals surface area contributed by atoms with E-state index in [0.717, 1.165) is 0 Å². The highest BCUT2D eigenvalue weighted by Crippen LogP contribution is 2.16. The van der Waals surface area contributed by atoms with Crippen LogP contribution >= 0.6 is 11.6 Å². The highest BCUT2D eigenvalue weighted by Gasteiger charge is 2.06. The minimum atomic E-state index is -0.972. The van der Waals surface area contributed by atoms with Crippen molar-refractivity contribution in [2.45, 2.75) is 0 Å². The first kappa shape index (κ1) is 8.07. The van der Waals surface area contributed by atoms with Gasteiger partial charge in [-0.25, -0.2) is 9.78 Å². The summed E-state index contributed by atoms with van der Waals surface area (Å²) in [5.41, 5.74) is 0.802. The molecule has 0 radical (unpaired) electrons. The van der Waals surface area contributed by atoms with Crippen LogP contribution < -0.4 is 0 Å². The number of hydrogen-bond acceptors (Lipinski definition) is 2. The quantitative estimate of drug-likeness (QED) is 0.755. The topological polar surface area (TPSA) is 54.6 Å². The fourth-order valence-corrected chi connectivity index (χ4v) is 1.29. The van der Waals surface area contributed by atoms with Crippen molar-refractivity contribution in [2.75, 3.05) is 0 Å². The Kier molecular flexibility index (Phi) is 1.70. The molecule has 0 spiro atoms. The molecular weight excluding hydrogens is 192 g/mol. The van der Waals surface area contributed by atoms with Crippen LogP contribution in [0, 0.1) is 0 Å². The molecule has 0 aromatic carbocycles. The van der Waals surface area contributed by atoms with Gasteiger partial charge >= 0.3 is 5.97 Å². The summed E-state index contributed by atoms with van der Waals surface area (Å²) in [6, 6.07) is 2.98. The largest absolute Gasteiger partial charge is 0.478 e. The number of aromatic nitrogens is 2. The summed E-state index contributed by atoms with van der Waals surface area (Å²) in [6.45, 7) is 0. The van der Waals surface area contributed by atoms with E-state index in [-0.39, 0.29) is 5.56 Å². The second-order valence-electron chi connectivity index (χ2n) is 2.55. The summed E-state index contributed by atoms with van der Waals surface area (Å²) in [7, 11) is 0. The number of aromatic carboxylic acids is 1. The fraction of sp³-hybridized carbons (Fsp3) is 0. The Balaban J connectivity index is 2.72. The highest BCUT2D eigenvalue weighted by atomic mass is 35.5. The fourth-order valence-electron chi connectivity index (χ4n) is 1.09. The number of carboxylic acid groups (broad SMARTS) is 1. The van der Waals surface area contributed by atoms with E-state index in [9.17, 15) is 4.79 Å². The molecule has 0 amide bonds. The molecule has 0 saturated carbocycles. The van der Waals surface area contributed by atoms with Gasteiger partial charge in [-0.05, 0) is 12.1 Å². The molecule has 1 N–H and O–H groups in total. The number of hydrogen-bond donors (Lipinski definition) is 1. The number of carboxylic acids is 1. The predicted molar refractivity (Wildman–Crippen MR) is 47.2 cm³/mol. The number of nitrogens with zero attached hydrogens (tertiary/aromatic N) is 2. The summed E-state index contributed by atoms with van der Waals surface area (Å²) in [5, 5.41) is 9.01. The Bertz CT molecular complexity index is 478. The van der Waals surface area contributed by atoms with Gasteiger partial charge in [-0.1, -0.05) is 11.6 Å². The third-order valence-corrected chi connectivity index (χ3v) is 2.03. The van der Waals surface area contributed by atoms with Gasteiger partial charge in [-0.15, -0.1) is 0 Å². The van der Waals surface area contributed by atoms with Crippen LogP contribution in [0.3, 0.4) is 0 Å². The van der Waals surface area contributed by atoms with Crippen molar-refractivity contribution in [3.8, 4) is 0 Å². The first-order chi connectivity index (χ1) is 6.18. The van der Waals surface area contributed by atoms with Crippen molar-refractivity contribution in [3.05, 3.63) is 35.4 Å². The standard InChI is InChI=1S/C8H5ClN2O2/c9-7-6-3-5(8(12)13)1-2-11(6)4-10-7/h1-4H,(H,12,13). The molecule has 0 bridgehead atoms. The zero-order valence-corrected chi connectivity index (χ0v) is 7.19. The molecule has 0 saturated heterocycles. The van der Waals surface area contributed by atoms with Crippen LogP contribution in [-0.2, 0) is 0 Å². The molecule has 2 heterocycles. The van der Waals surface area contributed by atoms with Crippen molar-refractivity contribution in [1.29, 1.82) is 0 Å². The lowest BCUT2D eigenvalue weighted by Crippen LogP contribution is -1.96. The highest BCUT2D eigenvalue weighted by molar-refractivity contribution is 6.32. The second kappa shape index (κ2) is 2.74. The molecule has 0 atom stereocenters. The Morgan fingerprint density at radius 1 is 1.62 bits per heavy atom. The van der Waals surface area contributed by atoms with Crippen LogP contribution in [-0.4, -0.2) is 20.5 Å².